The Morgan fingerprint density at radius 3 is 3.10 bits per heavy atom. The SMILES string of the molecule is CC(C(=O)NCc1ccc2c(c1)OCO2)n1cccn1. The topological polar surface area (TPSA) is 65.4 Å². The average molecular weight is 273 g/mol. The van der Waals surface area contributed by atoms with Crippen molar-refractivity contribution in [2.75, 3.05) is 6.79 Å². The summed E-state index contributed by atoms with van der Waals surface area (Å²) < 4.78 is 12.2. The summed E-state index contributed by atoms with van der Waals surface area (Å²) in [4.78, 5) is 12.0. The lowest BCUT2D eigenvalue weighted by Gasteiger charge is -2.12. The van der Waals surface area contributed by atoms with Gasteiger partial charge in [-0.15, -0.1) is 0 Å². The van der Waals surface area contributed by atoms with Crippen LogP contribution in [0.3, 0.4) is 0 Å². The van der Waals surface area contributed by atoms with E-state index >= 15 is 0 Å². The van der Waals surface area contributed by atoms with Gasteiger partial charge in [0, 0.05) is 18.9 Å². The summed E-state index contributed by atoms with van der Waals surface area (Å²) in [5, 5.41) is 6.94. The van der Waals surface area contributed by atoms with Crippen LogP contribution >= 0.6 is 0 Å². The number of nitrogens with one attached hydrogen (secondary N) is 1. The Morgan fingerprint density at radius 1 is 1.45 bits per heavy atom. The van der Waals surface area contributed by atoms with Gasteiger partial charge in [0.05, 0.1) is 0 Å². The minimum atomic E-state index is -0.334. The average Bonchev–Trinajstić information content (AvgIpc) is 3.13. The molecule has 0 saturated carbocycles. The maximum absolute atomic E-state index is 12.0. The first kappa shape index (κ1) is 12.5. The molecule has 3 rings (SSSR count). The molecule has 1 N–H and O–H groups in total. The van der Waals surface area contributed by atoms with Crippen molar-refractivity contribution in [2.45, 2.75) is 19.5 Å². The molecule has 1 amide bonds. The molecular formula is C14H15N3O3. The summed E-state index contributed by atoms with van der Waals surface area (Å²) in [6.45, 7) is 2.50. The fourth-order valence-corrected chi connectivity index (χ4v) is 2.02. The normalized spacial score (nSPS) is 14.1. The molecule has 1 unspecified atom stereocenters. The summed E-state index contributed by atoms with van der Waals surface area (Å²) in [7, 11) is 0. The molecular weight excluding hydrogens is 258 g/mol. The second kappa shape index (κ2) is 5.24. The van der Waals surface area contributed by atoms with E-state index in [1.165, 1.54) is 0 Å². The van der Waals surface area contributed by atoms with Gasteiger partial charge >= 0.3 is 0 Å². The zero-order valence-electron chi connectivity index (χ0n) is 11.1. The third kappa shape index (κ3) is 2.45. The first-order valence-corrected chi connectivity index (χ1v) is 6.39. The largest absolute Gasteiger partial charge is 0.454 e. The Kier molecular flexibility index (Phi) is 3.28. The van der Waals surface area contributed by atoms with Gasteiger partial charge in [-0.3, -0.25) is 9.48 Å². The van der Waals surface area contributed by atoms with E-state index in [1.54, 1.807) is 23.1 Å². The molecule has 0 radical (unpaired) electrons. The number of rotatable bonds is 4. The standard InChI is InChI=1S/C14H15N3O3/c1-10(17-6-2-5-16-17)14(18)15-8-11-3-4-12-13(7-11)20-9-19-12/h2-7,10H,8-9H2,1H3,(H,15,18). The smallest absolute Gasteiger partial charge is 0.244 e. The van der Waals surface area contributed by atoms with Crippen LogP contribution in [0.1, 0.15) is 18.5 Å². The molecule has 0 spiro atoms. The lowest BCUT2D eigenvalue weighted by atomic mass is 10.2. The van der Waals surface area contributed by atoms with Gasteiger partial charge in [0.2, 0.25) is 12.7 Å². The molecule has 0 saturated heterocycles. The van der Waals surface area contributed by atoms with E-state index in [-0.39, 0.29) is 18.7 Å². The minimum absolute atomic E-state index is 0.0774. The molecule has 2 heterocycles. The second-order valence-electron chi connectivity index (χ2n) is 4.57. The number of amides is 1. The molecule has 0 fully saturated rings. The van der Waals surface area contributed by atoms with E-state index in [0.29, 0.717) is 6.54 Å². The maximum atomic E-state index is 12.0. The number of hydrogen-bond donors (Lipinski definition) is 1. The summed E-state index contributed by atoms with van der Waals surface area (Å²) in [5.41, 5.74) is 0.968. The van der Waals surface area contributed by atoms with Crippen LogP contribution in [0.15, 0.2) is 36.7 Å². The number of fused-ring (bicyclic) bond motifs is 1. The molecule has 0 aliphatic carbocycles. The number of carbonyl (C=O) groups excluding carboxylic acids is 1. The highest BCUT2D eigenvalue weighted by Crippen LogP contribution is 2.32. The fourth-order valence-electron chi connectivity index (χ4n) is 2.02. The van der Waals surface area contributed by atoms with Gasteiger partial charge in [-0.25, -0.2) is 0 Å². The molecule has 1 atom stereocenters. The third-order valence-corrected chi connectivity index (χ3v) is 3.20. The van der Waals surface area contributed by atoms with E-state index in [0.717, 1.165) is 17.1 Å². The van der Waals surface area contributed by atoms with Crippen molar-refractivity contribution in [2.24, 2.45) is 0 Å². The van der Waals surface area contributed by atoms with Gasteiger partial charge in [-0.1, -0.05) is 6.07 Å². The number of aromatic nitrogens is 2. The highest BCUT2D eigenvalue weighted by molar-refractivity contribution is 5.79. The summed E-state index contributed by atoms with van der Waals surface area (Å²) in [6.07, 6.45) is 3.42. The second-order valence-corrected chi connectivity index (χ2v) is 4.57. The molecule has 104 valence electrons. The van der Waals surface area contributed by atoms with Crippen LogP contribution in [0.25, 0.3) is 0 Å². The molecule has 1 aliphatic rings. The number of hydrogen-bond acceptors (Lipinski definition) is 4. The summed E-state index contributed by atoms with van der Waals surface area (Å²) in [5.74, 6) is 1.38. The van der Waals surface area contributed by atoms with Gasteiger partial charge in [0.15, 0.2) is 11.5 Å². The zero-order valence-corrected chi connectivity index (χ0v) is 11.1. The molecule has 1 aromatic carbocycles. The van der Waals surface area contributed by atoms with Crippen LogP contribution < -0.4 is 14.8 Å². The Morgan fingerprint density at radius 2 is 2.30 bits per heavy atom. The Bertz CT molecular complexity index is 610. The van der Waals surface area contributed by atoms with E-state index in [9.17, 15) is 4.79 Å². The summed E-state index contributed by atoms with van der Waals surface area (Å²) >= 11 is 0. The van der Waals surface area contributed by atoms with Gasteiger partial charge in [-0.2, -0.15) is 5.10 Å². The van der Waals surface area contributed by atoms with Gasteiger partial charge in [0.25, 0.3) is 0 Å². The van der Waals surface area contributed by atoms with Gasteiger partial charge in [-0.05, 0) is 30.7 Å². The fraction of sp³-hybridized carbons (Fsp3) is 0.286. The minimum Gasteiger partial charge on any atom is -0.454 e. The predicted octanol–water partition coefficient (Wildman–Crippen LogP) is 1.49. The lowest BCUT2D eigenvalue weighted by molar-refractivity contribution is -0.124. The monoisotopic (exact) mass is 273 g/mol. The van der Waals surface area contributed by atoms with Crippen molar-refractivity contribution >= 4 is 5.91 Å². The van der Waals surface area contributed by atoms with Crippen molar-refractivity contribution in [3.63, 3.8) is 0 Å². The maximum Gasteiger partial charge on any atom is 0.244 e. The first-order chi connectivity index (χ1) is 9.74. The number of carbonyl (C=O) groups is 1. The Balaban J connectivity index is 1.60. The van der Waals surface area contributed by atoms with Crippen molar-refractivity contribution in [1.82, 2.24) is 15.1 Å². The number of benzene rings is 1. The predicted molar refractivity (Wildman–Crippen MR) is 71.3 cm³/mol. The van der Waals surface area contributed by atoms with Crippen molar-refractivity contribution in [1.29, 1.82) is 0 Å². The lowest BCUT2D eigenvalue weighted by Crippen LogP contribution is -2.30. The third-order valence-electron chi connectivity index (χ3n) is 3.20. The van der Waals surface area contributed by atoms with Crippen molar-refractivity contribution < 1.29 is 14.3 Å². The number of nitrogens with zero attached hydrogens (tertiary/aromatic N) is 2. The van der Waals surface area contributed by atoms with E-state index in [4.69, 9.17) is 9.47 Å². The zero-order chi connectivity index (χ0) is 13.9. The van der Waals surface area contributed by atoms with Crippen LogP contribution in [-0.4, -0.2) is 22.5 Å². The van der Waals surface area contributed by atoms with E-state index in [1.807, 2.05) is 25.1 Å². The van der Waals surface area contributed by atoms with E-state index in [2.05, 4.69) is 10.4 Å². The van der Waals surface area contributed by atoms with Gasteiger partial charge < -0.3 is 14.8 Å². The highest BCUT2D eigenvalue weighted by Gasteiger charge is 2.16. The van der Waals surface area contributed by atoms with Crippen molar-refractivity contribution in [3.05, 3.63) is 42.2 Å². The van der Waals surface area contributed by atoms with Gasteiger partial charge in [0.1, 0.15) is 6.04 Å². The molecule has 1 aliphatic heterocycles. The van der Waals surface area contributed by atoms with Crippen LogP contribution in [-0.2, 0) is 11.3 Å². The molecule has 20 heavy (non-hydrogen) atoms. The summed E-state index contributed by atoms with van der Waals surface area (Å²) in [6, 6.07) is 7.09. The molecule has 6 heteroatoms. The van der Waals surface area contributed by atoms with Crippen LogP contribution in [0.2, 0.25) is 0 Å². The van der Waals surface area contributed by atoms with E-state index < -0.39 is 0 Å². The van der Waals surface area contributed by atoms with Crippen LogP contribution in [0.4, 0.5) is 0 Å². The van der Waals surface area contributed by atoms with Crippen LogP contribution in [0, 0.1) is 0 Å². The van der Waals surface area contributed by atoms with Crippen LogP contribution in [0.5, 0.6) is 11.5 Å². The number of ether oxygens (including phenoxy) is 2. The Hall–Kier alpha value is -2.50. The molecule has 2 aromatic rings. The first-order valence-electron chi connectivity index (χ1n) is 6.39. The Labute approximate surface area is 116 Å². The highest BCUT2D eigenvalue weighted by atomic mass is 16.7. The molecule has 0 bridgehead atoms. The quantitative estimate of drug-likeness (QED) is 0.916. The molecule has 1 aromatic heterocycles. The molecule has 6 nitrogen and oxygen atoms in total. The van der Waals surface area contributed by atoms with Crippen molar-refractivity contribution in [3.8, 4) is 11.5 Å².